The molecule has 0 aliphatic heterocycles. The molecule has 0 fully saturated rings. The highest BCUT2D eigenvalue weighted by atomic mass is 28.3. The molecule has 0 saturated carbocycles. The number of benzene rings is 1. The molecule has 0 aliphatic carbocycles. The summed E-state index contributed by atoms with van der Waals surface area (Å²) in [6, 6.07) is 6.33. The Hall–Kier alpha value is -1.36. The van der Waals surface area contributed by atoms with Crippen LogP contribution in [0, 0.1) is 10.1 Å². The molecule has 0 amide bonds. The van der Waals surface area contributed by atoms with Crippen molar-refractivity contribution in [1.29, 1.82) is 0 Å². The SMILES string of the molecule is CC(C)(C)[Si](Oc1ccc([N+](=O)[O-])cc1)C(C)(C)C. The molecule has 1 aromatic rings. The van der Waals surface area contributed by atoms with Crippen LogP contribution in [0.15, 0.2) is 24.3 Å². The fraction of sp³-hybridized carbons (Fsp3) is 0.571. The molecule has 1 radical (unpaired) electrons. The summed E-state index contributed by atoms with van der Waals surface area (Å²) in [5.41, 5.74) is 0.0904. The summed E-state index contributed by atoms with van der Waals surface area (Å²) in [6.07, 6.45) is 0. The van der Waals surface area contributed by atoms with Crippen LogP contribution in [0.5, 0.6) is 5.75 Å². The molecule has 0 aliphatic rings. The smallest absolute Gasteiger partial charge is 0.292 e. The first-order valence-electron chi connectivity index (χ1n) is 6.32. The molecule has 4 nitrogen and oxygen atoms in total. The topological polar surface area (TPSA) is 52.4 Å². The van der Waals surface area contributed by atoms with Gasteiger partial charge in [0.05, 0.1) is 4.92 Å². The van der Waals surface area contributed by atoms with E-state index in [4.69, 9.17) is 4.43 Å². The van der Waals surface area contributed by atoms with Gasteiger partial charge in [0.15, 0.2) is 0 Å². The minimum absolute atomic E-state index is 0.0880. The molecule has 5 heteroatoms. The monoisotopic (exact) mass is 280 g/mol. The highest BCUT2D eigenvalue weighted by Crippen LogP contribution is 2.42. The summed E-state index contributed by atoms with van der Waals surface area (Å²) < 4.78 is 6.16. The zero-order valence-electron chi connectivity index (χ0n) is 12.5. The fourth-order valence-corrected chi connectivity index (χ4v) is 5.42. The van der Waals surface area contributed by atoms with Gasteiger partial charge >= 0.3 is 0 Å². The van der Waals surface area contributed by atoms with E-state index in [1.54, 1.807) is 12.1 Å². The second-order valence-corrected chi connectivity index (χ2v) is 10.5. The van der Waals surface area contributed by atoms with E-state index in [1.807, 2.05) is 0 Å². The summed E-state index contributed by atoms with van der Waals surface area (Å²) in [5, 5.41) is 10.8. The van der Waals surface area contributed by atoms with Crippen LogP contribution in [0.1, 0.15) is 41.5 Å². The lowest BCUT2D eigenvalue weighted by Gasteiger charge is -2.37. The molecule has 0 unspecified atom stereocenters. The second kappa shape index (κ2) is 5.33. The average Bonchev–Trinajstić information content (AvgIpc) is 2.23. The Labute approximate surface area is 116 Å². The number of hydrogen-bond acceptors (Lipinski definition) is 3. The van der Waals surface area contributed by atoms with Gasteiger partial charge in [-0.15, -0.1) is 0 Å². The number of hydrogen-bond donors (Lipinski definition) is 0. The Kier molecular flexibility index (Phi) is 4.40. The molecule has 105 valence electrons. The van der Waals surface area contributed by atoms with E-state index in [9.17, 15) is 10.1 Å². The molecule has 0 bridgehead atoms. The predicted molar refractivity (Wildman–Crippen MR) is 78.9 cm³/mol. The average molecular weight is 280 g/mol. The molecule has 19 heavy (non-hydrogen) atoms. The number of nitrogens with zero attached hydrogens (tertiary/aromatic N) is 1. The maximum atomic E-state index is 10.6. The number of nitro benzene ring substituents is 1. The van der Waals surface area contributed by atoms with Crippen molar-refractivity contribution in [3.63, 3.8) is 0 Å². The minimum atomic E-state index is -1.13. The van der Waals surface area contributed by atoms with Crippen molar-refractivity contribution in [2.24, 2.45) is 0 Å². The highest BCUT2D eigenvalue weighted by molar-refractivity contribution is 6.59. The molecular weight excluding hydrogens is 258 g/mol. The van der Waals surface area contributed by atoms with Gasteiger partial charge in [-0.1, -0.05) is 41.5 Å². The van der Waals surface area contributed by atoms with E-state index in [-0.39, 0.29) is 15.8 Å². The van der Waals surface area contributed by atoms with Gasteiger partial charge in [0.25, 0.3) is 14.7 Å². The lowest BCUT2D eigenvalue weighted by molar-refractivity contribution is -0.384. The van der Waals surface area contributed by atoms with Crippen molar-refractivity contribution in [2.45, 2.75) is 51.6 Å². The summed E-state index contributed by atoms with van der Waals surface area (Å²) in [7, 11) is -1.13. The third-order valence-corrected chi connectivity index (χ3v) is 5.79. The van der Waals surface area contributed by atoms with Gasteiger partial charge in [0.1, 0.15) is 5.75 Å². The molecule has 0 heterocycles. The quantitative estimate of drug-likeness (QED) is 0.463. The predicted octanol–water partition coefficient (Wildman–Crippen LogP) is 4.57. The van der Waals surface area contributed by atoms with E-state index in [2.05, 4.69) is 41.5 Å². The van der Waals surface area contributed by atoms with Crippen LogP contribution < -0.4 is 4.43 Å². The first kappa shape index (κ1) is 15.7. The number of non-ortho nitro benzene ring substituents is 1. The minimum Gasteiger partial charge on any atom is -0.541 e. The van der Waals surface area contributed by atoms with Crippen molar-refractivity contribution in [2.75, 3.05) is 0 Å². The molecular formula is C14H22NO3Si. The van der Waals surface area contributed by atoms with Crippen LogP contribution in [-0.4, -0.2) is 14.0 Å². The Bertz CT molecular complexity index is 429. The van der Waals surface area contributed by atoms with Gasteiger partial charge in [0, 0.05) is 12.1 Å². The van der Waals surface area contributed by atoms with E-state index in [1.165, 1.54) is 12.1 Å². The molecule has 1 aromatic carbocycles. The molecule has 1 rings (SSSR count). The van der Waals surface area contributed by atoms with Crippen molar-refractivity contribution < 1.29 is 9.35 Å². The summed E-state index contributed by atoms with van der Waals surface area (Å²) in [5.74, 6) is 0.712. The summed E-state index contributed by atoms with van der Waals surface area (Å²) in [6.45, 7) is 13.1. The van der Waals surface area contributed by atoms with Crippen molar-refractivity contribution >= 4 is 14.7 Å². The zero-order valence-corrected chi connectivity index (χ0v) is 13.5. The third-order valence-electron chi connectivity index (χ3n) is 2.63. The number of nitro groups is 1. The Morgan fingerprint density at radius 1 is 1.00 bits per heavy atom. The van der Waals surface area contributed by atoms with Gasteiger partial charge in [-0.25, -0.2) is 0 Å². The Morgan fingerprint density at radius 3 is 1.74 bits per heavy atom. The highest BCUT2D eigenvalue weighted by Gasteiger charge is 2.41. The fourth-order valence-electron chi connectivity index (χ4n) is 2.18. The van der Waals surface area contributed by atoms with Crippen molar-refractivity contribution in [3.05, 3.63) is 34.4 Å². The van der Waals surface area contributed by atoms with Crippen LogP contribution in [0.3, 0.4) is 0 Å². The normalized spacial score (nSPS) is 12.6. The van der Waals surface area contributed by atoms with E-state index in [0.717, 1.165) is 0 Å². The maximum Gasteiger partial charge on any atom is 0.292 e. The van der Waals surface area contributed by atoms with E-state index >= 15 is 0 Å². The van der Waals surface area contributed by atoms with E-state index < -0.39 is 14.0 Å². The van der Waals surface area contributed by atoms with Crippen molar-refractivity contribution in [3.8, 4) is 5.75 Å². The van der Waals surface area contributed by atoms with Gasteiger partial charge in [-0.05, 0) is 22.2 Å². The van der Waals surface area contributed by atoms with Gasteiger partial charge in [0.2, 0.25) is 0 Å². The molecule has 0 saturated heterocycles. The molecule has 0 N–H and O–H groups in total. The van der Waals surface area contributed by atoms with Gasteiger partial charge in [-0.2, -0.15) is 0 Å². The maximum absolute atomic E-state index is 10.6. The van der Waals surface area contributed by atoms with Crippen LogP contribution in [-0.2, 0) is 0 Å². The lowest BCUT2D eigenvalue weighted by Crippen LogP contribution is -2.40. The van der Waals surface area contributed by atoms with Crippen LogP contribution in [0.4, 0.5) is 5.69 Å². The van der Waals surface area contributed by atoms with Crippen LogP contribution in [0.25, 0.3) is 0 Å². The Balaban J connectivity index is 2.95. The molecule has 0 aromatic heterocycles. The van der Waals surface area contributed by atoms with Gasteiger partial charge < -0.3 is 4.43 Å². The lowest BCUT2D eigenvalue weighted by atomic mass is 10.2. The van der Waals surface area contributed by atoms with Crippen molar-refractivity contribution in [1.82, 2.24) is 0 Å². The van der Waals surface area contributed by atoms with Gasteiger partial charge in [-0.3, -0.25) is 10.1 Å². The zero-order chi connectivity index (χ0) is 14.8. The van der Waals surface area contributed by atoms with Crippen LogP contribution in [0.2, 0.25) is 10.1 Å². The van der Waals surface area contributed by atoms with E-state index in [0.29, 0.717) is 5.75 Å². The second-order valence-electron chi connectivity index (χ2n) is 6.68. The first-order valence-corrected chi connectivity index (χ1v) is 7.73. The standard InChI is InChI=1S/C14H22NO3Si/c1-13(2,3)19(14(4,5)6)18-12-9-7-11(8-10-12)15(16)17/h7-10H,1-6H3. The van der Waals surface area contributed by atoms with Crippen LogP contribution >= 0.6 is 0 Å². The summed E-state index contributed by atoms with van der Waals surface area (Å²) >= 11 is 0. The number of rotatable bonds is 3. The Morgan fingerprint density at radius 2 is 1.42 bits per heavy atom. The third kappa shape index (κ3) is 4.35. The molecule has 0 spiro atoms. The molecule has 0 atom stereocenters. The first-order chi connectivity index (χ1) is 8.51. The largest absolute Gasteiger partial charge is 0.541 e. The summed E-state index contributed by atoms with van der Waals surface area (Å²) in [4.78, 5) is 10.2.